The highest BCUT2D eigenvalue weighted by Gasteiger charge is 1.73. The molecule has 0 amide bonds. The first kappa shape index (κ1) is 6.09. The Morgan fingerprint density at radius 3 is 2.17 bits per heavy atom. The van der Waals surface area contributed by atoms with Crippen molar-refractivity contribution in [3.63, 3.8) is 0 Å². The largest absolute Gasteiger partial charge is 0.135 e. The highest BCUT2D eigenvalue weighted by atomic mass is 32.2. The second-order valence-corrected chi connectivity index (χ2v) is 2.16. The molecule has 0 saturated carbocycles. The van der Waals surface area contributed by atoms with Crippen LogP contribution in [0.3, 0.4) is 0 Å². The van der Waals surface area contributed by atoms with Crippen LogP contribution in [0.15, 0.2) is 11.0 Å². The monoisotopic (exact) mass is 102 g/mol. The Kier molecular flexibility index (Phi) is 3.34. The minimum atomic E-state index is 1.38. The normalized spacial score (nSPS) is 12.2. The summed E-state index contributed by atoms with van der Waals surface area (Å²) >= 11 is 1.79. The van der Waals surface area contributed by atoms with E-state index in [9.17, 15) is 0 Å². The fourth-order valence-corrected chi connectivity index (χ4v) is 0.354. The summed E-state index contributed by atoms with van der Waals surface area (Å²) in [6.07, 6.45) is 4.18. The average molecular weight is 102 g/mol. The van der Waals surface area contributed by atoms with E-state index in [1.54, 1.807) is 11.8 Å². The Morgan fingerprint density at radius 1 is 1.67 bits per heavy atom. The molecule has 0 unspecified atom stereocenters. The number of thioether (sulfide) groups is 1. The average Bonchev–Trinajstić information content (AvgIpc) is 1.65. The predicted octanol–water partition coefficient (Wildman–Crippen LogP) is 2.27. The molecule has 0 fully saturated rings. The molecule has 0 radical (unpaired) electrons. The lowest BCUT2D eigenvalue weighted by molar-refractivity contribution is 1.60. The molecule has 0 aliphatic rings. The molecule has 0 aromatic carbocycles. The van der Waals surface area contributed by atoms with Gasteiger partial charge in [0.25, 0.3) is 0 Å². The summed E-state index contributed by atoms with van der Waals surface area (Å²) in [4.78, 5) is 1.38. The van der Waals surface area contributed by atoms with Crippen molar-refractivity contribution in [3.05, 3.63) is 11.0 Å². The van der Waals surface area contributed by atoms with Crippen LogP contribution in [0.4, 0.5) is 0 Å². The van der Waals surface area contributed by atoms with Crippen LogP contribution in [0.25, 0.3) is 0 Å². The zero-order valence-electron chi connectivity index (χ0n) is 4.49. The summed E-state index contributed by atoms with van der Waals surface area (Å²) in [5, 5.41) is 0. The second-order valence-electron chi connectivity index (χ2n) is 1.10. The topological polar surface area (TPSA) is 0 Å². The molecule has 0 heterocycles. The Bertz CT molecular complexity index is 55.0. The van der Waals surface area contributed by atoms with Crippen LogP contribution in [0, 0.1) is 0 Å². The molecular formula is C5H10S. The van der Waals surface area contributed by atoms with Gasteiger partial charge >= 0.3 is 0 Å². The van der Waals surface area contributed by atoms with E-state index >= 15 is 0 Å². The van der Waals surface area contributed by atoms with E-state index in [-0.39, 0.29) is 0 Å². The van der Waals surface area contributed by atoms with Gasteiger partial charge in [0, 0.05) is 0 Å². The molecule has 0 rings (SSSR count). The van der Waals surface area contributed by atoms with Crippen LogP contribution in [-0.2, 0) is 0 Å². The molecule has 0 bridgehead atoms. The van der Waals surface area contributed by atoms with Crippen LogP contribution in [0.1, 0.15) is 13.8 Å². The lowest BCUT2D eigenvalue weighted by Crippen LogP contribution is -1.56. The first-order valence-corrected chi connectivity index (χ1v) is 3.20. The maximum Gasteiger partial charge on any atom is -0.0140 e. The van der Waals surface area contributed by atoms with Crippen LogP contribution < -0.4 is 0 Å². The van der Waals surface area contributed by atoms with Gasteiger partial charge < -0.3 is 0 Å². The van der Waals surface area contributed by atoms with Gasteiger partial charge in [-0.2, -0.15) is 0 Å². The number of allylic oxidation sites excluding steroid dienone is 2. The molecule has 0 saturated heterocycles. The quantitative estimate of drug-likeness (QED) is 0.489. The minimum Gasteiger partial charge on any atom is -0.135 e. The summed E-state index contributed by atoms with van der Waals surface area (Å²) in [7, 11) is 0. The van der Waals surface area contributed by atoms with Gasteiger partial charge in [-0.05, 0) is 25.0 Å². The van der Waals surface area contributed by atoms with Gasteiger partial charge in [-0.15, -0.1) is 11.8 Å². The molecule has 0 aromatic rings. The van der Waals surface area contributed by atoms with Gasteiger partial charge in [-0.1, -0.05) is 6.08 Å². The van der Waals surface area contributed by atoms with E-state index in [0.717, 1.165) is 0 Å². The third-order valence-corrected chi connectivity index (χ3v) is 1.61. The maximum absolute atomic E-state index is 2.10. The highest BCUT2D eigenvalue weighted by Crippen LogP contribution is 2.07. The van der Waals surface area contributed by atoms with E-state index in [4.69, 9.17) is 0 Å². The van der Waals surface area contributed by atoms with Gasteiger partial charge in [0.1, 0.15) is 0 Å². The predicted molar refractivity (Wildman–Crippen MR) is 32.9 cm³/mol. The Labute approximate surface area is 43.6 Å². The molecule has 0 aromatic heterocycles. The van der Waals surface area contributed by atoms with Crippen LogP contribution >= 0.6 is 11.8 Å². The van der Waals surface area contributed by atoms with E-state index in [2.05, 4.69) is 19.3 Å². The lowest BCUT2D eigenvalue weighted by atomic mass is 10.6. The first-order valence-electron chi connectivity index (χ1n) is 1.98. The molecule has 0 aliphatic heterocycles. The lowest BCUT2D eigenvalue weighted by Gasteiger charge is -1.84. The van der Waals surface area contributed by atoms with Gasteiger partial charge in [-0.3, -0.25) is 0 Å². The van der Waals surface area contributed by atoms with E-state index in [0.29, 0.717) is 0 Å². The van der Waals surface area contributed by atoms with Crippen molar-refractivity contribution < 1.29 is 0 Å². The van der Waals surface area contributed by atoms with E-state index in [1.165, 1.54) is 4.91 Å². The Morgan fingerprint density at radius 2 is 2.17 bits per heavy atom. The summed E-state index contributed by atoms with van der Waals surface area (Å²) in [5.74, 6) is 0. The van der Waals surface area contributed by atoms with Crippen LogP contribution in [-0.4, -0.2) is 6.26 Å². The number of hydrogen-bond acceptors (Lipinski definition) is 1. The smallest absolute Gasteiger partial charge is 0.0140 e. The molecule has 0 spiro atoms. The van der Waals surface area contributed by atoms with Crippen molar-refractivity contribution in [2.24, 2.45) is 0 Å². The molecular weight excluding hydrogens is 92.1 g/mol. The standard InChI is InChI=1S/C5H10S/c1-4-5(2)6-3/h4H,1-3H3/b5-4-. The van der Waals surface area contributed by atoms with E-state index in [1.807, 2.05) is 6.92 Å². The number of rotatable bonds is 1. The van der Waals surface area contributed by atoms with Crippen molar-refractivity contribution in [2.45, 2.75) is 13.8 Å². The van der Waals surface area contributed by atoms with Crippen LogP contribution in [0.5, 0.6) is 0 Å². The zero-order chi connectivity index (χ0) is 4.99. The van der Waals surface area contributed by atoms with Crippen molar-refractivity contribution in [1.29, 1.82) is 0 Å². The number of hydrogen-bond donors (Lipinski definition) is 0. The second kappa shape index (κ2) is 3.29. The van der Waals surface area contributed by atoms with Gasteiger partial charge in [0.15, 0.2) is 0 Å². The summed E-state index contributed by atoms with van der Waals surface area (Å²) in [6.45, 7) is 4.15. The zero-order valence-corrected chi connectivity index (χ0v) is 5.30. The Hall–Kier alpha value is 0.0900. The SMILES string of the molecule is C/C=C(/C)SC. The third kappa shape index (κ3) is 2.33. The molecule has 1 heteroatoms. The first-order chi connectivity index (χ1) is 2.81. The minimum absolute atomic E-state index is 1.38. The van der Waals surface area contributed by atoms with Crippen molar-refractivity contribution in [2.75, 3.05) is 6.26 Å². The molecule has 0 N–H and O–H groups in total. The summed E-state index contributed by atoms with van der Waals surface area (Å²) in [6, 6.07) is 0. The maximum atomic E-state index is 2.10. The summed E-state index contributed by atoms with van der Waals surface area (Å²) < 4.78 is 0. The van der Waals surface area contributed by atoms with Crippen LogP contribution in [0.2, 0.25) is 0 Å². The van der Waals surface area contributed by atoms with Crippen molar-refractivity contribution in [1.82, 2.24) is 0 Å². The molecule has 0 nitrogen and oxygen atoms in total. The van der Waals surface area contributed by atoms with Gasteiger partial charge in [-0.25, -0.2) is 0 Å². The highest BCUT2D eigenvalue weighted by molar-refractivity contribution is 8.02. The van der Waals surface area contributed by atoms with Gasteiger partial charge in [0.05, 0.1) is 0 Å². The third-order valence-electron chi connectivity index (χ3n) is 0.729. The molecule has 6 heavy (non-hydrogen) atoms. The molecule has 0 atom stereocenters. The fourth-order valence-electron chi connectivity index (χ4n) is 0.118. The van der Waals surface area contributed by atoms with Crippen molar-refractivity contribution in [3.8, 4) is 0 Å². The molecule has 36 valence electrons. The Balaban J connectivity index is 3.22. The van der Waals surface area contributed by atoms with Gasteiger partial charge in [0.2, 0.25) is 0 Å². The molecule has 0 aliphatic carbocycles. The van der Waals surface area contributed by atoms with E-state index < -0.39 is 0 Å². The van der Waals surface area contributed by atoms with Crippen molar-refractivity contribution >= 4 is 11.8 Å². The fraction of sp³-hybridized carbons (Fsp3) is 0.600. The summed E-state index contributed by atoms with van der Waals surface area (Å²) in [5.41, 5.74) is 0.